The van der Waals surface area contributed by atoms with E-state index in [9.17, 15) is 9.59 Å². The summed E-state index contributed by atoms with van der Waals surface area (Å²) in [5, 5.41) is 0. The molecule has 4 nitrogen and oxygen atoms in total. The number of benzene rings is 1. The van der Waals surface area contributed by atoms with Crippen LogP contribution in [0.4, 0.5) is 0 Å². The molecule has 1 heterocycles. The van der Waals surface area contributed by atoms with E-state index in [4.69, 9.17) is 4.42 Å². The van der Waals surface area contributed by atoms with Crippen molar-refractivity contribution >= 4 is 11.8 Å². The SMILES string of the molecule is COC(=O)c1cc(C(=O)c2ccccc2)oc1C. The van der Waals surface area contributed by atoms with Crippen LogP contribution in [0.25, 0.3) is 0 Å². The van der Waals surface area contributed by atoms with Gasteiger partial charge in [0.25, 0.3) is 0 Å². The van der Waals surface area contributed by atoms with Gasteiger partial charge in [0.1, 0.15) is 11.3 Å². The van der Waals surface area contributed by atoms with Gasteiger partial charge in [0.2, 0.25) is 5.78 Å². The summed E-state index contributed by atoms with van der Waals surface area (Å²) in [6, 6.07) is 10.2. The van der Waals surface area contributed by atoms with Crippen LogP contribution < -0.4 is 0 Å². The van der Waals surface area contributed by atoms with Gasteiger partial charge < -0.3 is 9.15 Å². The van der Waals surface area contributed by atoms with E-state index in [1.54, 1.807) is 31.2 Å². The first-order valence-corrected chi connectivity index (χ1v) is 5.42. The molecule has 0 saturated heterocycles. The Labute approximate surface area is 104 Å². The average molecular weight is 244 g/mol. The highest BCUT2D eigenvalue weighted by molar-refractivity contribution is 6.08. The highest BCUT2D eigenvalue weighted by atomic mass is 16.5. The maximum absolute atomic E-state index is 12.1. The summed E-state index contributed by atoms with van der Waals surface area (Å²) in [7, 11) is 1.29. The quantitative estimate of drug-likeness (QED) is 0.615. The number of hydrogen-bond donors (Lipinski definition) is 0. The second kappa shape index (κ2) is 4.87. The van der Waals surface area contributed by atoms with Crippen molar-refractivity contribution in [3.8, 4) is 0 Å². The first-order chi connectivity index (χ1) is 8.63. The number of ketones is 1. The number of carbonyl (C=O) groups is 2. The summed E-state index contributed by atoms with van der Waals surface area (Å²) in [5.74, 6) is -0.252. The highest BCUT2D eigenvalue weighted by Crippen LogP contribution is 2.18. The largest absolute Gasteiger partial charge is 0.465 e. The Hall–Kier alpha value is -2.36. The lowest BCUT2D eigenvalue weighted by Crippen LogP contribution is -2.01. The molecule has 0 aliphatic heterocycles. The third-order valence-electron chi connectivity index (χ3n) is 2.58. The van der Waals surface area contributed by atoms with Crippen LogP contribution >= 0.6 is 0 Å². The molecule has 2 aromatic rings. The van der Waals surface area contributed by atoms with Crippen molar-refractivity contribution in [3.05, 3.63) is 59.0 Å². The molecule has 0 saturated carbocycles. The molecule has 0 amide bonds. The van der Waals surface area contributed by atoms with Gasteiger partial charge >= 0.3 is 5.97 Å². The van der Waals surface area contributed by atoms with Crippen molar-refractivity contribution < 1.29 is 18.7 Å². The number of carbonyl (C=O) groups excluding carboxylic acids is 2. The molecule has 0 N–H and O–H groups in total. The van der Waals surface area contributed by atoms with E-state index in [1.165, 1.54) is 13.2 Å². The van der Waals surface area contributed by atoms with E-state index < -0.39 is 5.97 Å². The Kier molecular flexibility index (Phi) is 3.28. The topological polar surface area (TPSA) is 56.5 Å². The summed E-state index contributed by atoms with van der Waals surface area (Å²) in [6.45, 7) is 1.62. The van der Waals surface area contributed by atoms with Crippen LogP contribution in [-0.2, 0) is 4.74 Å². The smallest absolute Gasteiger partial charge is 0.341 e. The number of methoxy groups -OCH3 is 1. The predicted molar refractivity (Wildman–Crippen MR) is 64.7 cm³/mol. The molecule has 1 aromatic heterocycles. The van der Waals surface area contributed by atoms with Gasteiger partial charge in [-0.15, -0.1) is 0 Å². The van der Waals surface area contributed by atoms with Crippen molar-refractivity contribution in [2.75, 3.05) is 7.11 Å². The second-order valence-electron chi connectivity index (χ2n) is 3.77. The van der Waals surface area contributed by atoms with Crippen molar-refractivity contribution in [1.29, 1.82) is 0 Å². The fourth-order valence-electron chi connectivity index (χ4n) is 1.64. The molecular formula is C14H12O4. The second-order valence-corrected chi connectivity index (χ2v) is 3.77. The fraction of sp³-hybridized carbons (Fsp3) is 0.143. The molecule has 0 fully saturated rings. The van der Waals surface area contributed by atoms with E-state index >= 15 is 0 Å². The van der Waals surface area contributed by atoms with Gasteiger partial charge in [-0.1, -0.05) is 30.3 Å². The molecule has 4 heteroatoms. The third-order valence-corrected chi connectivity index (χ3v) is 2.58. The normalized spacial score (nSPS) is 10.1. The lowest BCUT2D eigenvalue weighted by atomic mass is 10.1. The minimum Gasteiger partial charge on any atom is -0.465 e. The number of esters is 1. The number of furan rings is 1. The van der Waals surface area contributed by atoms with Crippen molar-refractivity contribution in [1.82, 2.24) is 0 Å². The van der Waals surface area contributed by atoms with Gasteiger partial charge in [-0.05, 0) is 6.92 Å². The van der Waals surface area contributed by atoms with Gasteiger partial charge in [0.05, 0.1) is 7.11 Å². The molecule has 0 aliphatic rings. The van der Waals surface area contributed by atoms with Crippen LogP contribution in [0.1, 0.15) is 32.2 Å². The van der Waals surface area contributed by atoms with Gasteiger partial charge in [-0.2, -0.15) is 0 Å². The van der Waals surface area contributed by atoms with Gasteiger partial charge in [-0.25, -0.2) is 4.79 Å². The van der Waals surface area contributed by atoms with Crippen LogP contribution in [0.5, 0.6) is 0 Å². The first-order valence-electron chi connectivity index (χ1n) is 5.42. The fourth-order valence-corrected chi connectivity index (χ4v) is 1.64. The average Bonchev–Trinajstić information content (AvgIpc) is 2.80. The monoisotopic (exact) mass is 244 g/mol. The first kappa shape index (κ1) is 12.1. The molecule has 0 radical (unpaired) electrons. The lowest BCUT2D eigenvalue weighted by Gasteiger charge is -1.95. The molecule has 0 bridgehead atoms. The summed E-state index contributed by atoms with van der Waals surface area (Å²) >= 11 is 0. The van der Waals surface area contributed by atoms with E-state index in [0.29, 0.717) is 11.3 Å². The van der Waals surface area contributed by atoms with E-state index in [2.05, 4.69) is 4.74 Å². The number of ether oxygens (including phenoxy) is 1. The molecule has 1 aromatic carbocycles. The number of rotatable bonds is 3. The van der Waals surface area contributed by atoms with E-state index in [0.717, 1.165) is 0 Å². The minimum absolute atomic E-state index is 0.138. The lowest BCUT2D eigenvalue weighted by molar-refractivity contribution is 0.0598. The number of aryl methyl sites for hydroxylation is 1. The van der Waals surface area contributed by atoms with Crippen molar-refractivity contribution in [2.24, 2.45) is 0 Å². The maximum atomic E-state index is 12.1. The van der Waals surface area contributed by atoms with Crippen LogP contribution in [0.2, 0.25) is 0 Å². The predicted octanol–water partition coefficient (Wildman–Crippen LogP) is 2.61. The van der Waals surface area contributed by atoms with Crippen LogP contribution in [0.3, 0.4) is 0 Å². The zero-order chi connectivity index (χ0) is 13.1. The Morgan fingerprint density at radius 2 is 1.83 bits per heavy atom. The Morgan fingerprint density at radius 3 is 2.44 bits per heavy atom. The summed E-state index contributed by atoms with van der Waals surface area (Å²) in [5.41, 5.74) is 0.791. The molecule has 92 valence electrons. The Balaban J connectivity index is 2.36. The van der Waals surface area contributed by atoms with Crippen LogP contribution in [-0.4, -0.2) is 18.9 Å². The zero-order valence-electron chi connectivity index (χ0n) is 10.1. The van der Waals surface area contributed by atoms with E-state index in [1.807, 2.05) is 6.07 Å². The highest BCUT2D eigenvalue weighted by Gasteiger charge is 2.20. The van der Waals surface area contributed by atoms with Gasteiger partial charge in [0.15, 0.2) is 5.76 Å². The van der Waals surface area contributed by atoms with Gasteiger partial charge in [0, 0.05) is 11.6 Å². The molecule has 0 atom stereocenters. The summed E-state index contributed by atoms with van der Waals surface area (Å²) < 4.78 is 9.91. The third kappa shape index (κ3) is 2.18. The summed E-state index contributed by atoms with van der Waals surface area (Å²) in [6.07, 6.45) is 0. The Bertz CT molecular complexity index is 581. The van der Waals surface area contributed by atoms with E-state index in [-0.39, 0.29) is 17.1 Å². The van der Waals surface area contributed by atoms with Crippen molar-refractivity contribution in [3.63, 3.8) is 0 Å². The summed E-state index contributed by atoms with van der Waals surface area (Å²) in [4.78, 5) is 23.5. The molecule has 18 heavy (non-hydrogen) atoms. The van der Waals surface area contributed by atoms with Crippen LogP contribution in [0, 0.1) is 6.92 Å². The molecular weight excluding hydrogens is 232 g/mol. The van der Waals surface area contributed by atoms with Crippen LogP contribution in [0.15, 0.2) is 40.8 Å². The zero-order valence-corrected chi connectivity index (χ0v) is 10.1. The number of hydrogen-bond acceptors (Lipinski definition) is 4. The molecule has 2 rings (SSSR count). The standard InChI is InChI=1S/C14H12O4/c1-9-11(14(16)17-2)8-12(18-9)13(15)10-6-4-3-5-7-10/h3-8H,1-2H3. The Morgan fingerprint density at radius 1 is 1.17 bits per heavy atom. The van der Waals surface area contributed by atoms with Crippen molar-refractivity contribution in [2.45, 2.75) is 6.92 Å². The minimum atomic E-state index is -0.511. The van der Waals surface area contributed by atoms with Gasteiger partial charge in [-0.3, -0.25) is 4.79 Å². The maximum Gasteiger partial charge on any atom is 0.341 e. The molecule has 0 unspecified atom stereocenters. The molecule has 0 spiro atoms. The molecule has 0 aliphatic carbocycles.